The van der Waals surface area contributed by atoms with Gasteiger partial charge >= 0.3 is 5.69 Å². The topological polar surface area (TPSA) is 125 Å². The summed E-state index contributed by atoms with van der Waals surface area (Å²) in [6.07, 6.45) is 2.79. The zero-order chi connectivity index (χ0) is 23.2. The van der Waals surface area contributed by atoms with Crippen LogP contribution in [0.25, 0.3) is 11.2 Å². The van der Waals surface area contributed by atoms with Gasteiger partial charge in [0.1, 0.15) is 0 Å². The van der Waals surface area contributed by atoms with Gasteiger partial charge in [-0.3, -0.25) is 18.7 Å². The number of aryl methyl sites for hydroxylation is 1. The van der Waals surface area contributed by atoms with Crippen molar-refractivity contribution < 1.29 is 13.2 Å². The Morgan fingerprint density at radius 1 is 1.22 bits per heavy atom. The molecule has 1 saturated carbocycles. The Labute approximate surface area is 183 Å². The van der Waals surface area contributed by atoms with Crippen molar-refractivity contribution >= 4 is 32.6 Å². The predicted molar refractivity (Wildman–Crippen MR) is 118 cm³/mol. The molecule has 1 N–H and O–H groups in total. The van der Waals surface area contributed by atoms with Crippen molar-refractivity contribution in [1.82, 2.24) is 18.7 Å². The van der Waals surface area contributed by atoms with Gasteiger partial charge in [0, 0.05) is 37.5 Å². The van der Waals surface area contributed by atoms with E-state index >= 15 is 0 Å². The lowest BCUT2D eigenvalue weighted by Gasteiger charge is -2.06. The maximum atomic E-state index is 12.7. The number of carbonyl (C=O) groups excluding carboxylic acids is 1. The molecule has 0 radical (unpaired) electrons. The molecule has 32 heavy (non-hydrogen) atoms. The third-order valence-electron chi connectivity index (χ3n) is 5.20. The number of benzene rings is 1. The number of imidazole rings is 1. The molecule has 0 spiro atoms. The second kappa shape index (κ2) is 7.80. The van der Waals surface area contributed by atoms with E-state index in [1.54, 1.807) is 24.3 Å². The summed E-state index contributed by atoms with van der Waals surface area (Å²) in [6.45, 7) is -0.109. The van der Waals surface area contributed by atoms with Gasteiger partial charge in [0.15, 0.2) is 11.2 Å². The van der Waals surface area contributed by atoms with Crippen LogP contribution in [0.2, 0.25) is 0 Å². The first-order chi connectivity index (χ1) is 15.1. The van der Waals surface area contributed by atoms with Gasteiger partial charge in [0.25, 0.3) is 5.56 Å². The number of anilines is 1. The Hall–Kier alpha value is -3.65. The quantitative estimate of drug-likeness (QED) is 0.562. The van der Waals surface area contributed by atoms with Crippen LogP contribution in [0.1, 0.15) is 18.4 Å². The van der Waals surface area contributed by atoms with E-state index in [1.807, 2.05) is 0 Å². The highest BCUT2D eigenvalue weighted by Crippen LogP contribution is 2.30. The largest absolute Gasteiger partial charge is 0.333 e. The van der Waals surface area contributed by atoms with Crippen LogP contribution >= 0.6 is 0 Å². The zero-order valence-corrected chi connectivity index (χ0v) is 18.6. The van der Waals surface area contributed by atoms with Crippen molar-refractivity contribution in [3.63, 3.8) is 0 Å². The second-order valence-electron chi connectivity index (χ2n) is 7.78. The maximum Gasteiger partial charge on any atom is 0.333 e. The van der Waals surface area contributed by atoms with Crippen LogP contribution in [0.4, 0.5) is 5.69 Å². The molecule has 1 fully saturated rings. The van der Waals surface area contributed by atoms with Crippen LogP contribution in [0.3, 0.4) is 0 Å². The Bertz CT molecular complexity index is 1550. The van der Waals surface area contributed by atoms with Crippen molar-refractivity contribution in [2.75, 3.05) is 11.6 Å². The molecule has 4 rings (SSSR count). The molecular formula is C21H21N5O5S. The number of hydrogen-bond acceptors (Lipinski definition) is 6. The summed E-state index contributed by atoms with van der Waals surface area (Å²) in [5, 5.41) is 2.54. The van der Waals surface area contributed by atoms with Crippen molar-refractivity contribution in [3.05, 3.63) is 50.7 Å². The highest BCUT2D eigenvalue weighted by Gasteiger charge is 2.29. The average Bonchev–Trinajstić information content (AvgIpc) is 3.51. The van der Waals surface area contributed by atoms with Crippen LogP contribution in [0.5, 0.6) is 0 Å². The lowest BCUT2D eigenvalue weighted by molar-refractivity contribution is -0.117. The van der Waals surface area contributed by atoms with Crippen LogP contribution < -0.4 is 16.6 Å². The highest BCUT2D eigenvalue weighted by atomic mass is 32.2. The van der Waals surface area contributed by atoms with E-state index in [9.17, 15) is 22.8 Å². The Balaban J connectivity index is 1.71. The molecule has 0 saturated heterocycles. The summed E-state index contributed by atoms with van der Waals surface area (Å²) in [7, 11) is -0.992. The van der Waals surface area contributed by atoms with Crippen LogP contribution in [-0.4, -0.2) is 39.3 Å². The normalized spacial score (nSPS) is 13.6. The molecule has 10 nitrogen and oxygen atoms in total. The minimum atomic E-state index is -3.72. The fourth-order valence-electron chi connectivity index (χ4n) is 3.37. The molecule has 2 heterocycles. The van der Waals surface area contributed by atoms with Gasteiger partial charge in [-0.15, -0.1) is 0 Å². The average molecular weight is 455 g/mol. The van der Waals surface area contributed by atoms with Crippen molar-refractivity contribution in [2.24, 2.45) is 20.0 Å². The molecule has 0 bridgehead atoms. The molecule has 3 aromatic rings. The minimum Gasteiger partial charge on any atom is -0.326 e. The Kier molecular flexibility index (Phi) is 5.26. The molecule has 0 unspecified atom stereocenters. The van der Waals surface area contributed by atoms with E-state index in [1.165, 1.54) is 18.7 Å². The lowest BCUT2D eigenvalue weighted by atomic mass is 10.2. The highest BCUT2D eigenvalue weighted by molar-refractivity contribution is 7.90. The van der Waals surface area contributed by atoms with Crippen LogP contribution in [0.15, 0.2) is 39.0 Å². The van der Waals surface area contributed by atoms with E-state index < -0.39 is 21.1 Å². The number of nitrogens with zero attached hydrogens (tertiary/aromatic N) is 4. The maximum absolute atomic E-state index is 12.7. The molecule has 1 aromatic carbocycles. The van der Waals surface area contributed by atoms with E-state index in [0.717, 1.165) is 28.2 Å². The molecule has 0 aliphatic heterocycles. The first-order valence-corrected chi connectivity index (χ1v) is 11.7. The molecule has 2 aromatic heterocycles. The number of amides is 1. The lowest BCUT2D eigenvalue weighted by Crippen LogP contribution is -2.38. The SMILES string of the molecule is Cn1c(=O)c2c(nc(S(C)(=O)=O)n2C)n(CC#Cc2cccc(NC(=O)C3CC3)c2)c1=O. The van der Waals surface area contributed by atoms with Gasteiger partial charge in [0.05, 0.1) is 6.54 Å². The number of fused-ring (bicyclic) bond motifs is 1. The molecule has 1 aliphatic rings. The van der Waals surface area contributed by atoms with Crippen LogP contribution in [0, 0.1) is 17.8 Å². The van der Waals surface area contributed by atoms with Gasteiger partial charge in [-0.05, 0) is 31.0 Å². The number of aromatic nitrogens is 4. The molecule has 1 amide bonds. The molecule has 166 valence electrons. The number of hydrogen-bond donors (Lipinski definition) is 1. The Morgan fingerprint density at radius 3 is 2.59 bits per heavy atom. The van der Waals surface area contributed by atoms with E-state index in [4.69, 9.17) is 0 Å². The monoisotopic (exact) mass is 455 g/mol. The standard InChI is InChI=1S/C21H21N5O5S/c1-24-16-17(23-20(24)32(3,30)31)26(21(29)25(2)19(16)28)11-5-7-13-6-4-8-15(12-13)22-18(27)14-9-10-14/h4,6,8,12,14H,9-11H2,1-3H3,(H,22,27). The van der Waals surface area contributed by atoms with Crippen molar-refractivity contribution in [3.8, 4) is 11.8 Å². The van der Waals surface area contributed by atoms with E-state index in [2.05, 4.69) is 22.1 Å². The van der Waals surface area contributed by atoms with Gasteiger partial charge in [-0.25, -0.2) is 13.2 Å². The second-order valence-corrected chi connectivity index (χ2v) is 9.69. The van der Waals surface area contributed by atoms with E-state index in [-0.39, 0.29) is 34.7 Å². The molecule has 11 heteroatoms. The summed E-state index contributed by atoms with van der Waals surface area (Å²) < 4.78 is 27.3. The number of carbonyl (C=O) groups is 1. The fourth-order valence-corrected chi connectivity index (χ4v) is 4.21. The molecular weight excluding hydrogens is 434 g/mol. The van der Waals surface area contributed by atoms with Gasteiger partial charge < -0.3 is 9.88 Å². The summed E-state index contributed by atoms with van der Waals surface area (Å²) >= 11 is 0. The fraction of sp³-hybridized carbons (Fsp3) is 0.333. The van der Waals surface area contributed by atoms with Gasteiger partial charge in [0.2, 0.25) is 20.9 Å². The summed E-state index contributed by atoms with van der Waals surface area (Å²) in [6, 6.07) is 7.03. The number of sulfone groups is 1. The zero-order valence-electron chi connectivity index (χ0n) is 17.7. The van der Waals surface area contributed by atoms with Crippen LogP contribution in [-0.2, 0) is 35.3 Å². The van der Waals surface area contributed by atoms with Gasteiger partial charge in [-0.2, -0.15) is 4.98 Å². The Morgan fingerprint density at radius 2 is 1.94 bits per heavy atom. The first kappa shape index (κ1) is 21.6. The summed E-state index contributed by atoms with van der Waals surface area (Å²) in [4.78, 5) is 41.2. The third-order valence-corrected chi connectivity index (χ3v) is 6.22. The van der Waals surface area contributed by atoms with Gasteiger partial charge in [-0.1, -0.05) is 17.9 Å². The number of nitrogens with one attached hydrogen (secondary N) is 1. The van der Waals surface area contributed by atoms with Crippen molar-refractivity contribution in [2.45, 2.75) is 24.5 Å². The van der Waals surface area contributed by atoms with E-state index in [0.29, 0.717) is 11.3 Å². The summed E-state index contributed by atoms with van der Waals surface area (Å²) in [5.41, 5.74) is -0.0677. The summed E-state index contributed by atoms with van der Waals surface area (Å²) in [5.74, 6) is 5.87. The predicted octanol–water partition coefficient (Wildman–Crippen LogP) is 0.237. The van der Waals surface area contributed by atoms with Crippen molar-refractivity contribution in [1.29, 1.82) is 0 Å². The first-order valence-electron chi connectivity index (χ1n) is 9.84. The molecule has 0 atom stereocenters. The molecule has 1 aliphatic carbocycles. The number of rotatable bonds is 4. The third kappa shape index (κ3) is 3.97. The minimum absolute atomic E-state index is 0.000823. The smallest absolute Gasteiger partial charge is 0.326 e.